The third-order valence-corrected chi connectivity index (χ3v) is 11.9. The summed E-state index contributed by atoms with van der Waals surface area (Å²) in [6, 6.07) is 4.36. The number of nitro benzene ring substituents is 1. The topological polar surface area (TPSA) is 133 Å². The van der Waals surface area contributed by atoms with Gasteiger partial charge in [-0.2, -0.15) is 4.31 Å². The Morgan fingerprint density at radius 3 is 1.28 bits per heavy atom. The number of unbranched alkanes of at least 4 members (excludes halogenated alkanes) is 12. The largest absolute Gasteiger partial charge is 0.462 e. The van der Waals surface area contributed by atoms with Gasteiger partial charge in [0.05, 0.1) is 9.82 Å². The van der Waals surface area contributed by atoms with Gasteiger partial charge < -0.3 is 9.47 Å². The third-order valence-electron chi connectivity index (χ3n) is 10.0. The predicted molar refractivity (Wildman–Crippen MR) is 253 cm³/mol. The number of rotatable bonds is 33. The molecule has 0 heterocycles. The Morgan fingerprint density at radius 2 is 0.933 bits per heavy atom. The van der Waals surface area contributed by atoms with Crippen molar-refractivity contribution in [2.75, 3.05) is 7.05 Å². The molecule has 0 aromatic heterocycles. The van der Waals surface area contributed by atoms with E-state index in [4.69, 9.17) is 9.47 Å². The highest BCUT2D eigenvalue weighted by molar-refractivity contribution is 7.89. The fraction of sp³-hybridized carbons (Fsp3) is 0.837. The van der Waals surface area contributed by atoms with Crippen LogP contribution in [0.5, 0.6) is 0 Å². The molecule has 0 aliphatic rings. The van der Waals surface area contributed by atoms with E-state index in [0.717, 1.165) is 64.2 Å². The van der Waals surface area contributed by atoms with Gasteiger partial charge in [0, 0.05) is 38.1 Å². The molecule has 0 spiro atoms. The molecule has 0 radical (unpaired) electrons. The van der Waals surface area contributed by atoms with Gasteiger partial charge in [-0.05, 0) is 82.8 Å². The van der Waals surface area contributed by atoms with E-state index in [1.54, 1.807) is 0 Å². The minimum atomic E-state index is -4.00. The molecule has 0 saturated carbocycles. The van der Waals surface area contributed by atoms with Crippen molar-refractivity contribution in [2.24, 2.45) is 0 Å². The number of benzene rings is 1. The highest BCUT2D eigenvalue weighted by Crippen LogP contribution is 2.25. The average molecular weight is 871 g/mol. The third kappa shape index (κ3) is 33.1. The van der Waals surface area contributed by atoms with Gasteiger partial charge in [0.2, 0.25) is 10.0 Å². The first kappa shape index (κ1) is 61.8. The van der Waals surface area contributed by atoms with Gasteiger partial charge in [0.15, 0.2) is 0 Å². The lowest BCUT2D eigenvalue weighted by molar-refractivity contribution is -0.384. The molecule has 0 saturated heterocycles. The molecule has 0 amide bonds. The van der Waals surface area contributed by atoms with Crippen molar-refractivity contribution in [3.05, 3.63) is 34.4 Å². The van der Waals surface area contributed by atoms with Crippen LogP contribution in [0.1, 0.15) is 243 Å². The monoisotopic (exact) mass is 871 g/mol. The van der Waals surface area contributed by atoms with Gasteiger partial charge in [-0.25, -0.2) is 8.42 Å². The lowest BCUT2D eigenvalue weighted by atomic mass is 10.0. The molecular formula is C49H94N2O8S. The van der Waals surface area contributed by atoms with E-state index in [1.165, 1.54) is 106 Å². The van der Waals surface area contributed by atoms with Crippen LogP contribution in [0, 0.1) is 10.1 Å². The van der Waals surface area contributed by atoms with E-state index in [1.807, 2.05) is 20.8 Å². The van der Waals surface area contributed by atoms with Crippen molar-refractivity contribution in [3.8, 4) is 0 Å². The number of nitrogens with zero attached hydrogens (tertiary/aromatic N) is 2. The minimum absolute atomic E-state index is 0.0464. The van der Waals surface area contributed by atoms with E-state index < -0.39 is 21.0 Å². The lowest BCUT2D eigenvalue weighted by Crippen LogP contribution is -2.37. The second-order valence-electron chi connectivity index (χ2n) is 15.9. The number of carbonyl (C=O) groups is 2. The number of hydrogen-bond acceptors (Lipinski definition) is 8. The molecular weight excluding hydrogens is 777 g/mol. The van der Waals surface area contributed by atoms with Crippen LogP contribution in [-0.2, 0) is 29.1 Å². The molecule has 0 bridgehead atoms. The predicted octanol–water partition coefficient (Wildman–Crippen LogP) is 15.1. The normalized spacial score (nSPS) is 11.9. The summed E-state index contributed by atoms with van der Waals surface area (Å²) in [5, 5.41) is 11.1. The fourth-order valence-electron chi connectivity index (χ4n) is 6.60. The highest BCUT2D eigenvalue weighted by atomic mass is 32.2. The molecule has 2 atom stereocenters. The minimum Gasteiger partial charge on any atom is -0.462 e. The van der Waals surface area contributed by atoms with Crippen molar-refractivity contribution < 1.29 is 32.4 Å². The number of sulfonamides is 1. The second kappa shape index (κ2) is 43.1. The second-order valence-corrected chi connectivity index (χ2v) is 17.9. The van der Waals surface area contributed by atoms with Crippen molar-refractivity contribution in [3.63, 3.8) is 0 Å². The maximum atomic E-state index is 13.6. The highest BCUT2D eigenvalue weighted by Gasteiger charge is 2.29. The first-order valence-electron chi connectivity index (χ1n) is 24.4. The van der Waals surface area contributed by atoms with Crippen molar-refractivity contribution >= 4 is 27.6 Å². The number of esters is 2. The number of nitro groups is 1. The standard InChI is InChI=1S/C41H72N2O8S.2C3H8.C2H6/c1-6-10-13-16-19-26-37(9-4)50-40(44)29-22-24-35(42(5)52(48,49)39-33-31-36(32-34-39)43(46)47)25-23-30-41(45)51-38(27-20-17-14-11-7-2)28-21-18-15-12-8-3;2*1-3-2;1-2/h31-35,37-38H,6-30H2,1-5H3;2*3H2,1-2H3;1-2H3. The number of hydrogen-bond donors (Lipinski definition) is 0. The molecule has 0 aliphatic carbocycles. The maximum Gasteiger partial charge on any atom is 0.306 e. The number of ether oxygens (including phenoxy) is 2. The quantitative estimate of drug-likeness (QED) is 0.0295. The summed E-state index contributed by atoms with van der Waals surface area (Å²) in [5.41, 5.74) is -0.193. The Labute approximate surface area is 370 Å². The van der Waals surface area contributed by atoms with Gasteiger partial charge in [0.25, 0.3) is 5.69 Å². The number of non-ortho nitro benzene ring substituents is 1. The van der Waals surface area contributed by atoms with Crippen LogP contribution in [-0.4, -0.2) is 54.9 Å². The molecule has 1 aromatic rings. The van der Waals surface area contributed by atoms with Crippen LogP contribution in [0.25, 0.3) is 0 Å². The molecule has 0 N–H and O–H groups in total. The Kier molecular flexibility index (Phi) is 44.4. The van der Waals surface area contributed by atoms with Crippen LogP contribution < -0.4 is 0 Å². The summed E-state index contributed by atoms with van der Waals surface area (Å²) >= 11 is 0. The zero-order chi connectivity index (χ0) is 46.0. The smallest absolute Gasteiger partial charge is 0.306 e. The Morgan fingerprint density at radius 1 is 0.583 bits per heavy atom. The zero-order valence-corrected chi connectivity index (χ0v) is 41.5. The van der Waals surface area contributed by atoms with Crippen LogP contribution in [0.15, 0.2) is 29.2 Å². The lowest BCUT2D eigenvalue weighted by Gasteiger charge is -2.28. The summed E-state index contributed by atoms with van der Waals surface area (Å²) < 4.78 is 40.3. The van der Waals surface area contributed by atoms with E-state index in [-0.39, 0.29) is 47.6 Å². The molecule has 0 aliphatic heterocycles. The maximum absolute atomic E-state index is 13.6. The Balaban J connectivity index is -0.00000375. The van der Waals surface area contributed by atoms with Crippen molar-refractivity contribution in [1.82, 2.24) is 4.31 Å². The fourth-order valence-corrected chi connectivity index (χ4v) is 8.02. The molecule has 354 valence electrons. The molecule has 11 heteroatoms. The first-order valence-corrected chi connectivity index (χ1v) is 25.9. The number of carbonyl (C=O) groups excluding carboxylic acids is 2. The average Bonchev–Trinajstić information content (AvgIpc) is 3.23. The summed E-state index contributed by atoms with van der Waals surface area (Å²) in [4.78, 5) is 36.4. The molecule has 60 heavy (non-hydrogen) atoms. The Hall–Kier alpha value is -2.53. The van der Waals surface area contributed by atoms with Crippen molar-refractivity contribution in [2.45, 2.75) is 266 Å². The van der Waals surface area contributed by atoms with Crippen LogP contribution in [0.4, 0.5) is 5.69 Å². The van der Waals surface area contributed by atoms with E-state index >= 15 is 0 Å². The first-order chi connectivity index (χ1) is 28.8. The molecule has 0 fully saturated rings. The molecule has 1 aromatic carbocycles. The van der Waals surface area contributed by atoms with Crippen LogP contribution in [0.2, 0.25) is 0 Å². The zero-order valence-electron chi connectivity index (χ0n) is 40.7. The van der Waals surface area contributed by atoms with Gasteiger partial charge >= 0.3 is 11.9 Å². The van der Waals surface area contributed by atoms with Crippen LogP contribution in [0.3, 0.4) is 0 Å². The summed E-state index contributed by atoms with van der Waals surface area (Å²) in [6.07, 6.45) is 25.0. The van der Waals surface area contributed by atoms with E-state index in [9.17, 15) is 28.1 Å². The summed E-state index contributed by atoms with van der Waals surface area (Å²) in [5.74, 6) is -0.533. The van der Waals surface area contributed by atoms with Crippen molar-refractivity contribution in [1.29, 1.82) is 0 Å². The van der Waals surface area contributed by atoms with Gasteiger partial charge in [-0.3, -0.25) is 19.7 Å². The van der Waals surface area contributed by atoms with Crippen LogP contribution >= 0.6 is 0 Å². The van der Waals surface area contributed by atoms with Gasteiger partial charge in [-0.1, -0.05) is 159 Å². The Bertz CT molecular complexity index is 1230. The molecule has 2 unspecified atom stereocenters. The van der Waals surface area contributed by atoms with E-state index in [2.05, 4.69) is 48.5 Å². The SMILES string of the molecule is CC.CCC.CCC.CCCCCCCC(CC)OC(=O)CCCC(CCCC(=O)OC(CCCCCCC)CCCCCCC)N(C)S(=O)(=O)c1ccc([N+](=O)[O-])cc1. The van der Waals surface area contributed by atoms with Gasteiger partial charge in [0.1, 0.15) is 12.2 Å². The molecule has 1 rings (SSSR count). The summed E-state index contributed by atoms with van der Waals surface area (Å²) in [6.45, 7) is 21.1. The van der Waals surface area contributed by atoms with E-state index in [0.29, 0.717) is 25.7 Å². The molecule has 10 nitrogen and oxygen atoms in total. The van der Waals surface area contributed by atoms with Gasteiger partial charge in [-0.15, -0.1) is 0 Å². The summed E-state index contributed by atoms with van der Waals surface area (Å²) in [7, 11) is -2.50.